The molecule has 8 aliphatic carbocycles. The Labute approximate surface area is 504 Å². The fourth-order valence-electron chi connectivity index (χ4n) is 23.5. The van der Waals surface area contributed by atoms with E-state index >= 15 is 9.59 Å². The number of aliphatic hydroxyl groups is 3. The number of ether oxygens (including phenoxy) is 2. The highest BCUT2D eigenvalue weighted by atomic mass is 16.6. The second-order valence-electron chi connectivity index (χ2n) is 32.2. The maximum atomic E-state index is 16.0. The molecule has 85 heavy (non-hydrogen) atoms. The Kier molecular flexibility index (Phi) is 13.1. The first-order chi connectivity index (χ1) is 40.5. The summed E-state index contributed by atoms with van der Waals surface area (Å²) < 4.78 is 15.2. The third-order valence-electron chi connectivity index (χ3n) is 27.8. The van der Waals surface area contributed by atoms with E-state index in [1.807, 2.05) is 20.9 Å². The third-order valence-corrected chi connectivity index (χ3v) is 27.8. The number of aromatic nitrogens is 3. The van der Waals surface area contributed by atoms with Gasteiger partial charge in [0.25, 0.3) is 0 Å². The van der Waals surface area contributed by atoms with Crippen molar-refractivity contribution in [2.24, 2.45) is 50.2 Å². The number of carbonyl (C=O) groups excluding carboxylic acids is 3. The van der Waals surface area contributed by atoms with Gasteiger partial charge in [0, 0.05) is 78.0 Å². The van der Waals surface area contributed by atoms with Crippen molar-refractivity contribution in [2.45, 2.75) is 255 Å². The number of ketones is 2. The third kappa shape index (κ3) is 7.87. The maximum absolute atomic E-state index is 16.0. The van der Waals surface area contributed by atoms with Gasteiger partial charge in [0.2, 0.25) is 0 Å². The number of nitrogens with zero attached hydrogens (tertiary/aromatic N) is 1. The number of H-pyrrole nitrogens is 2. The van der Waals surface area contributed by atoms with Crippen LogP contribution in [-0.2, 0) is 42.4 Å². The van der Waals surface area contributed by atoms with Crippen LogP contribution in [0.25, 0.3) is 11.0 Å². The summed E-state index contributed by atoms with van der Waals surface area (Å²) in [5.74, 6) is -0.546. The lowest BCUT2D eigenvalue weighted by Gasteiger charge is -2.76. The van der Waals surface area contributed by atoms with E-state index in [1.54, 1.807) is 0 Å². The first kappa shape index (κ1) is 57.3. The van der Waals surface area contributed by atoms with Gasteiger partial charge < -0.3 is 49.4 Å². The van der Waals surface area contributed by atoms with Gasteiger partial charge in [0.05, 0.1) is 58.5 Å². The van der Waals surface area contributed by atoms with E-state index in [0.717, 1.165) is 128 Å². The summed E-state index contributed by atoms with van der Waals surface area (Å²) in [7, 11) is 1.99. The summed E-state index contributed by atoms with van der Waals surface area (Å²) in [4.78, 5) is 53.9. The molecule has 3 aromatic heterocycles. The predicted molar refractivity (Wildman–Crippen MR) is 328 cm³/mol. The standard InChI is InChI=1S/C73H98N4O8/c1-65(2)64(85-65)53(80)35-66(3)23-17-44-37-76-59-49(51(40-78)46-31-45(42-15-11-9-12-16-42)32-47(33-46)73(83)27-30-84-71(41-73)21-13-10-14-22-71)38-77(60(44)59)39-50-55-57(66)52(79)36-69(55,6)68(5)24-19-54-67(4,26-29-74-8)63(82)56-48-20-28-75-58(48)43-18-25-72(56,34-43)70(54,7)62(68)61(50)81/h20,28,31-33,37-38,40,42-43,50-51,53-54,56,61-62,64,74-76,80-81,83H,9-19,21-27,29-30,34-36,39,41H2,1-8H3. The highest BCUT2D eigenvalue weighted by Crippen LogP contribution is 2.84. The number of carbonyl (C=O) groups is 3. The zero-order valence-electron chi connectivity index (χ0n) is 52.4. The second kappa shape index (κ2) is 19.4. The van der Waals surface area contributed by atoms with Gasteiger partial charge in [-0.2, -0.15) is 0 Å². The number of epoxide rings is 1. The molecule has 2 bridgehead atoms. The van der Waals surface area contributed by atoms with E-state index < -0.39 is 67.7 Å². The number of aromatic amines is 2. The van der Waals surface area contributed by atoms with Gasteiger partial charge in [-0.15, -0.1) is 0 Å². The molecule has 16 unspecified atom stereocenters. The molecule has 6 heterocycles. The van der Waals surface area contributed by atoms with Crippen molar-refractivity contribution in [1.29, 1.82) is 0 Å². The van der Waals surface area contributed by atoms with Crippen molar-refractivity contribution >= 4 is 28.9 Å². The first-order valence-electron chi connectivity index (χ1n) is 33.9. The minimum Gasteiger partial charge on any atom is -0.392 e. The smallest absolute Gasteiger partial charge is 0.160 e. The van der Waals surface area contributed by atoms with E-state index in [-0.39, 0.29) is 35.2 Å². The number of rotatable bonds is 11. The molecule has 6 saturated carbocycles. The quantitative estimate of drug-likeness (QED) is 0.0629. The Morgan fingerprint density at radius 3 is 2.40 bits per heavy atom. The summed E-state index contributed by atoms with van der Waals surface area (Å²) in [6.45, 7) is 17.6. The molecule has 6 N–H and O–H groups in total. The predicted octanol–water partition coefficient (Wildman–Crippen LogP) is 12.8. The molecule has 2 spiro atoms. The van der Waals surface area contributed by atoms with Crippen molar-refractivity contribution in [2.75, 3.05) is 20.2 Å². The normalized spacial score (nSPS) is 41.4. The monoisotopic (exact) mass is 1160 g/mol. The van der Waals surface area contributed by atoms with Crippen LogP contribution in [0.2, 0.25) is 0 Å². The number of benzene rings is 1. The molecule has 12 nitrogen and oxygen atoms in total. The SMILES string of the molecule is CNCCC1(C)C(=O)C2c3cc[nH]c3C3CCC2(C3)C2(C)C1CCC1(C)C2C(O)C2Cn3cc(C(C=O)c4cc(C5CCCCC5)cc(C5(O)CCOC6(CCCCC6)C5)c4)c4[nH]cc(c43)CCC(C)(CC(O)C3OC3(C)C)C3=C2C1(C)CC3=O. The van der Waals surface area contributed by atoms with Crippen molar-refractivity contribution in [1.82, 2.24) is 19.9 Å². The summed E-state index contributed by atoms with van der Waals surface area (Å²) in [6, 6.07) is 8.96. The Morgan fingerprint density at radius 2 is 1.66 bits per heavy atom. The van der Waals surface area contributed by atoms with E-state index in [4.69, 9.17) is 9.47 Å². The molecule has 0 amide bonds. The van der Waals surface area contributed by atoms with Crippen molar-refractivity contribution in [3.8, 4) is 0 Å². The van der Waals surface area contributed by atoms with Gasteiger partial charge in [-0.25, -0.2) is 0 Å². The van der Waals surface area contributed by atoms with Gasteiger partial charge in [-0.3, -0.25) is 9.59 Å². The van der Waals surface area contributed by atoms with Crippen molar-refractivity contribution in [3.05, 3.63) is 93.1 Å². The number of aldehydes is 1. The molecule has 458 valence electrons. The van der Waals surface area contributed by atoms with Gasteiger partial charge in [-0.05, 0) is 196 Å². The van der Waals surface area contributed by atoms with Crippen LogP contribution in [0.4, 0.5) is 0 Å². The lowest BCUT2D eigenvalue weighted by atomic mass is 9.28. The van der Waals surface area contributed by atoms with E-state index in [0.29, 0.717) is 75.7 Å². The average Bonchev–Trinajstić information content (AvgIpc) is 1.64. The summed E-state index contributed by atoms with van der Waals surface area (Å²) >= 11 is 0. The summed E-state index contributed by atoms with van der Waals surface area (Å²) in [6.07, 6.45) is 24.7. The Balaban J connectivity index is 0.910. The van der Waals surface area contributed by atoms with Crippen LogP contribution in [0.15, 0.2) is 54.0 Å². The molecule has 2 saturated heterocycles. The number of fused-ring (bicyclic) bond motifs is 8. The zero-order chi connectivity index (χ0) is 59.2. The highest BCUT2D eigenvalue weighted by molar-refractivity contribution is 6.02. The van der Waals surface area contributed by atoms with Gasteiger partial charge in [-0.1, -0.05) is 91.3 Å². The Morgan fingerprint density at radius 1 is 0.894 bits per heavy atom. The molecular formula is C73H98N4O8. The number of hydrogen-bond acceptors (Lipinski definition) is 9. The molecule has 16 atom stereocenters. The van der Waals surface area contributed by atoms with Crippen LogP contribution in [0.3, 0.4) is 0 Å². The van der Waals surface area contributed by atoms with E-state index in [9.17, 15) is 20.1 Å². The maximum Gasteiger partial charge on any atom is 0.160 e. The molecule has 0 radical (unpaired) electrons. The molecular weight excluding hydrogens is 1060 g/mol. The lowest BCUT2D eigenvalue weighted by molar-refractivity contribution is -0.267. The highest BCUT2D eigenvalue weighted by Gasteiger charge is 2.80. The van der Waals surface area contributed by atoms with E-state index in [1.165, 1.54) is 42.5 Å². The van der Waals surface area contributed by atoms with Gasteiger partial charge in [0.1, 0.15) is 18.2 Å². The molecule has 1 aromatic carbocycles. The topological polar surface area (TPSA) is 182 Å². The molecule has 15 rings (SSSR count). The number of aryl methyl sites for hydroxylation is 1. The minimum absolute atomic E-state index is 0.00721. The van der Waals surface area contributed by atoms with Crippen LogP contribution in [0.5, 0.6) is 0 Å². The number of hydrogen-bond donors (Lipinski definition) is 6. The fourth-order valence-corrected chi connectivity index (χ4v) is 23.5. The molecule has 8 fully saturated rings. The van der Waals surface area contributed by atoms with Crippen molar-refractivity contribution in [3.63, 3.8) is 0 Å². The zero-order valence-corrected chi connectivity index (χ0v) is 52.4. The molecule has 4 aromatic rings. The molecule has 11 aliphatic rings. The number of allylic oxidation sites excluding steroid dienone is 1. The van der Waals surface area contributed by atoms with E-state index in [2.05, 4.69) is 97.3 Å². The largest absolute Gasteiger partial charge is 0.392 e. The Bertz CT molecular complexity index is 3400. The number of nitrogens with one attached hydrogen (secondary N) is 3. The Hall–Kier alpha value is -4.17. The van der Waals surface area contributed by atoms with Crippen LogP contribution >= 0.6 is 0 Å². The number of aliphatic hydroxyl groups excluding tert-OH is 2. The summed E-state index contributed by atoms with van der Waals surface area (Å²) in [5.41, 5.74) is 5.84. The van der Waals surface area contributed by atoms with Gasteiger partial charge >= 0.3 is 0 Å². The van der Waals surface area contributed by atoms with Crippen molar-refractivity contribution < 1.29 is 39.2 Å². The first-order valence-corrected chi connectivity index (χ1v) is 33.9. The van der Waals surface area contributed by atoms with Gasteiger partial charge in [0.15, 0.2) is 5.78 Å². The van der Waals surface area contributed by atoms with Crippen LogP contribution < -0.4 is 5.32 Å². The second-order valence-corrected chi connectivity index (χ2v) is 32.2. The van der Waals surface area contributed by atoms with Crippen LogP contribution in [-0.4, -0.2) is 97.4 Å². The fraction of sp³-hybridized carbons (Fsp3) is 0.712. The number of Topliss-reactive ketones (excluding diaryl/α,β-unsaturated/α-hetero) is 2. The minimum atomic E-state index is -1.09. The van der Waals surface area contributed by atoms with Crippen LogP contribution in [0.1, 0.15) is 246 Å². The lowest BCUT2D eigenvalue weighted by Crippen LogP contribution is -2.74. The molecule has 12 heteroatoms. The van der Waals surface area contributed by atoms with Crippen LogP contribution in [0, 0.1) is 50.2 Å². The summed E-state index contributed by atoms with van der Waals surface area (Å²) in [5, 5.41) is 43.6. The average molecular weight is 1160 g/mol. The molecule has 3 aliphatic heterocycles.